The predicted molar refractivity (Wildman–Crippen MR) is 85.2 cm³/mol. The fourth-order valence-electron chi connectivity index (χ4n) is 2.41. The largest absolute Gasteiger partial charge is 0.339 e. The van der Waals surface area contributed by atoms with Gasteiger partial charge in [0.25, 0.3) is 0 Å². The number of aryl methyl sites for hydroxylation is 1. The Hall–Kier alpha value is -1.93. The number of sulfonamides is 1. The van der Waals surface area contributed by atoms with Gasteiger partial charge in [-0.25, -0.2) is 13.1 Å². The number of carbonyl (C=O) groups is 2. The molecule has 1 N–H and O–H groups in total. The summed E-state index contributed by atoms with van der Waals surface area (Å²) in [5, 5.41) is 0. The van der Waals surface area contributed by atoms with Gasteiger partial charge in [0, 0.05) is 33.1 Å². The highest BCUT2D eigenvalue weighted by atomic mass is 32.2. The maximum Gasteiger partial charge on any atom is 0.241 e. The molecule has 0 radical (unpaired) electrons. The van der Waals surface area contributed by atoms with Crippen LogP contribution in [0.1, 0.15) is 12.5 Å². The number of piperazine rings is 1. The summed E-state index contributed by atoms with van der Waals surface area (Å²) in [4.78, 5) is 26.7. The fourth-order valence-corrected chi connectivity index (χ4v) is 3.48. The molecule has 1 fully saturated rings. The topological polar surface area (TPSA) is 86.8 Å². The molecule has 0 saturated carbocycles. The van der Waals surface area contributed by atoms with Crippen LogP contribution < -0.4 is 4.72 Å². The number of hydrogen-bond acceptors (Lipinski definition) is 4. The van der Waals surface area contributed by atoms with Gasteiger partial charge in [0.1, 0.15) is 0 Å². The first-order chi connectivity index (χ1) is 10.8. The van der Waals surface area contributed by atoms with E-state index < -0.39 is 10.0 Å². The average Bonchev–Trinajstić information content (AvgIpc) is 2.53. The zero-order valence-electron chi connectivity index (χ0n) is 13.3. The van der Waals surface area contributed by atoms with Crippen LogP contribution in [-0.2, 0) is 19.6 Å². The second-order valence-electron chi connectivity index (χ2n) is 5.53. The van der Waals surface area contributed by atoms with Crippen LogP contribution in [0.15, 0.2) is 29.2 Å². The summed E-state index contributed by atoms with van der Waals surface area (Å²) in [6, 6.07) is 6.51. The number of rotatable bonds is 4. The van der Waals surface area contributed by atoms with Gasteiger partial charge >= 0.3 is 0 Å². The molecule has 1 aliphatic heterocycles. The van der Waals surface area contributed by atoms with Crippen molar-refractivity contribution in [3.63, 3.8) is 0 Å². The van der Waals surface area contributed by atoms with Crippen LogP contribution in [0.4, 0.5) is 0 Å². The fraction of sp³-hybridized carbons (Fsp3) is 0.467. The molecule has 7 nitrogen and oxygen atoms in total. The Morgan fingerprint density at radius 2 is 1.74 bits per heavy atom. The Bertz CT molecular complexity index is 694. The molecule has 0 bridgehead atoms. The molecule has 2 amide bonds. The van der Waals surface area contributed by atoms with Crippen molar-refractivity contribution < 1.29 is 18.0 Å². The normalized spacial score (nSPS) is 15.6. The van der Waals surface area contributed by atoms with Gasteiger partial charge in [-0.15, -0.1) is 0 Å². The lowest BCUT2D eigenvalue weighted by Gasteiger charge is -2.34. The van der Waals surface area contributed by atoms with E-state index in [0.29, 0.717) is 26.2 Å². The third-order valence-corrected chi connectivity index (χ3v) is 5.19. The van der Waals surface area contributed by atoms with Crippen molar-refractivity contribution >= 4 is 21.8 Å². The predicted octanol–water partition coefficient (Wildman–Crippen LogP) is -0.0360. The Balaban J connectivity index is 1.91. The first-order valence-electron chi connectivity index (χ1n) is 7.39. The van der Waals surface area contributed by atoms with E-state index in [-0.39, 0.29) is 23.3 Å². The summed E-state index contributed by atoms with van der Waals surface area (Å²) >= 11 is 0. The van der Waals surface area contributed by atoms with Crippen molar-refractivity contribution in [1.29, 1.82) is 0 Å². The minimum absolute atomic E-state index is 0.0164. The molecule has 0 aromatic heterocycles. The lowest BCUT2D eigenvalue weighted by molar-refractivity contribution is -0.137. The van der Waals surface area contributed by atoms with Crippen molar-refractivity contribution in [2.24, 2.45) is 0 Å². The first-order valence-corrected chi connectivity index (χ1v) is 8.87. The van der Waals surface area contributed by atoms with Crippen molar-refractivity contribution in [3.05, 3.63) is 29.8 Å². The van der Waals surface area contributed by atoms with Crippen LogP contribution in [0.25, 0.3) is 0 Å². The molecule has 0 atom stereocenters. The monoisotopic (exact) mass is 339 g/mol. The van der Waals surface area contributed by atoms with Crippen LogP contribution in [0, 0.1) is 6.92 Å². The van der Waals surface area contributed by atoms with Gasteiger partial charge in [0.15, 0.2) is 0 Å². The van der Waals surface area contributed by atoms with Crippen LogP contribution in [0.2, 0.25) is 0 Å². The molecular weight excluding hydrogens is 318 g/mol. The van der Waals surface area contributed by atoms with Crippen LogP contribution in [-0.4, -0.2) is 62.8 Å². The van der Waals surface area contributed by atoms with Crippen LogP contribution >= 0.6 is 0 Å². The lowest BCUT2D eigenvalue weighted by atomic mass is 10.2. The Kier molecular flexibility index (Phi) is 5.38. The minimum atomic E-state index is -3.70. The second-order valence-corrected chi connectivity index (χ2v) is 7.29. The van der Waals surface area contributed by atoms with Gasteiger partial charge in [-0.3, -0.25) is 9.59 Å². The molecule has 126 valence electrons. The standard InChI is InChI=1S/C15H21N3O4S/c1-12-4-3-5-14(10-12)23(21,22)16-11-15(20)18-8-6-17(7-9-18)13(2)19/h3-5,10,16H,6-9,11H2,1-2H3. The maximum atomic E-state index is 12.2. The van der Waals surface area contributed by atoms with Crippen molar-refractivity contribution in [2.45, 2.75) is 18.7 Å². The molecule has 1 aromatic carbocycles. The molecule has 2 rings (SSSR count). The number of hydrogen-bond donors (Lipinski definition) is 1. The van der Waals surface area contributed by atoms with Crippen LogP contribution in [0.3, 0.4) is 0 Å². The molecular formula is C15H21N3O4S. The Morgan fingerprint density at radius 1 is 1.13 bits per heavy atom. The second kappa shape index (κ2) is 7.10. The smallest absolute Gasteiger partial charge is 0.241 e. The highest BCUT2D eigenvalue weighted by Crippen LogP contribution is 2.10. The maximum absolute atomic E-state index is 12.2. The summed E-state index contributed by atoms with van der Waals surface area (Å²) < 4.78 is 26.7. The summed E-state index contributed by atoms with van der Waals surface area (Å²) in [7, 11) is -3.70. The van der Waals surface area contributed by atoms with Gasteiger partial charge in [0.05, 0.1) is 11.4 Å². The SMILES string of the molecule is CC(=O)N1CCN(C(=O)CNS(=O)(=O)c2cccc(C)c2)CC1. The van der Waals surface area contributed by atoms with Gasteiger partial charge < -0.3 is 9.80 Å². The van der Waals surface area contributed by atoms with E-state index in [1.54, 1.807) is 34.9 Å². The van der Waals surface area contributed by atoms with Gasteiger partial charge in [-0.1, -0.05) is 12.1 Å². The van der Waals surface area contributed by atoms with E-state index in [1.165, 1.54) is 13.0 Å². The number of nitrogens with one attached hydrogen (secondary N) is 1. The molecule has 1 aliphatic rings. The molecule has 1 saturated heterocycles. The zero-order chi connectivity index (χ0) is 17.0. The number of amides is 2. The minimum Gasteiger partial charge on any atom is -0.339 e. The van der Waals surface area contributed by atoms with E-state index >= 15 is 0 Å². The molecule has 1 aromatic rings. The molecule has 0 aliphatic carbocycles. The first kappa shape index (κ1) is 17.4. The number of carbonyl (C=O) groups excluding carboxylic acids is 2. The van der Waals surface area contributed by atoms with Gasteiger partial charge in [-0.2, -0.15) is 0 Å². The Labute approximate surface area is 136 Å². The average molecular weight is 339 g/mol. The molecule has 1 heterocycles. The lowest BCUT2D eigenvalue weighted by Crippen LogP contribution is -2.52. The molecule has 8 heteroatoms. The molecule has 0 unspecified atom stereocenters. The van der Waals surface area contributed by atoms with Gasteiger partial charge in [-0.05, 0) is 24.6 Å². The van der Waals surface area contributed by atoms with E-state index in [1.807, 2.05) is 0 Å². The van der Waals surface area contributed by atoms with E-state index in [0.717, 1.165) is 5.56 Å². The van der Waals surface area contributed by atoms with Crippen molar-refractivity contribution in [2.75, 3.05) is 32.7 Å². The summed E-state index contributed by atoms with van der Waals surface area (Å²) in [5.41, 5.74) is 0.833. The summed E-state index contributed by atoms with van der Waals surface area (Å²) in [6.07, 6.45) is 0. The summed E-state index contributed by atoms with van der Waals surface area (Å²) in [6.45, 7) is 4.81. The van der Waals surface area contributed by atoms with Crippen molar-refractivity contribution in [3.8, 4) is 0 Å². The summed E-state index contributed by atoms with van der Waals surface area (Å²) in [5.74, 6) is -0.304. The third-order valence-electron chi connectivity index (χ3n) is 3.79. The quantitative estimate of drug-likeness (QED) is 0.834. The van der Waals surface area contributed by atoms with E-state index in [9.17, 15) is 18.0 Å². The van der Waals surface area contributed by atoms with E-state index in [4.69, 9.17) is 0 Å². The van der Waals surface area contributed by atoms with E-state index in [2.05, 4.69) is 4.72 Å². The van der Waals surface area contributed by atoms with Crippen LogP contribution in [0.5, 0.6) is 0 Å². The highest BCUT2D eigenvalue weighted by Gasteiger charge is 2.23. The van der Waals surface area contributed by atoms with Gasteiger partial charge in [0.2, 0.25) is 21.8 Å². The molecule has 0 spiro atoms. The highest BCUT2D eigenvalue weighted by molar-refractivity contribution is 7.89. The number of benzene rings is 1. The zero-order valence-corrected chi connectivity index (χ0v) is 14.1. The Morgan fingerprint density at radius 3 is 2.30 bits per heavy atom. The molecule has 23 heavy (non-hydrogen) atoms. The van der Waals surface area contributed by atoms with Crippen molar-refractivity contribution in [1.82, 2.24) is 14.5 Å². The number of nitrogens with zero attached hydrogens (tertiary/aromatic N) is 2. The third kappa shape index (κ3) is 4.52.